The van der Waals surface area contributed by atoms with Crippen molar-refractivity contribution in [2.75, 3.05) is 6.54 Å². The average molecular weight is 283 g/mol. The number of rotatable bonds is 5. The summed E-state index contributed by atoms with van der Waals surface area (Å²) in [5.74, 6) is 0.907. The Balaban J connectivity index is 2.02. The highest BCUT2D eigenvalue weighted by atomic mass is 16.6. The molecular weight excluding hydrogens is 250 g/mol. The molecule has 0 radical (unpaired) electrons. The van der Waals surface area contributed by atoms with E-state index in [2.05, 4.69) is 19.2 Å². The van der Waals surface area contributed by atoms with Gasteiger partial charge in [0.1, 0.15) is 5.60 Å². The molecule has 0 spiro atoms. The maximum absolute atomic E-state index is 11.5. The van der Waals surface area contributed by atoms with Crippen molar-refractivity contribution in [2.45, 2.75) is 85.2 Å². The van der Waals surface area contributed by atoms with Gasteiger partial charge >= 0.3 is 6.09 Å². The van der Waals surface area contributed by atoms with Crippen LogP contribution in [-0.2, 0) is 4.74 Å². The molecular formula is C17H33NO2. The summed E-state index contributed by atoms with van der Waals surface area (Å²) < 4.78 is 5.21. The predicted molar refractivity (Wildman–Crippen MR) is 83.8 cm³/mol. The lowest BCUT2D eigenvalue weighted by atomic mass is 9.72. The molecule has 118 valence electrons. The second-order valence-electron chi connectivity index (χ2n) is 8.03. The normalized spacial score (nSPS) is 19.6. The van der Waals surface area contributed by atoms with E-state index in [1.165, 1.54) is 38.5 Å². The van der Waals surface area contributed by atoms with Crippen molar-refractivity contribution >= 4 is 6.09 Å². The zero-order chi connectivity index (χ0) is 15.2. The Morgan fingerprint density at radius 2 is 1.80 bits per heavy atom. The van der Waals surface area contributed by atoms with Crippen molar-refractivity contribution in [2.24, 2.45) is 11.3 Å². The lowest BCUT2D eigenvalue weighted by Crippen LogP contribution is -2.33. The van der Waals surface area contributed by atoms with Crippen molar-refractivity contribution in [3.05, 3.63) is 0 Å². The fourth-order valence-electron chi connectivity index (χ4n) is 2.81. The Kier molecular flexibility index (Phi) is 6.35. The van der Waals surface area contributed by atoms with Crippen LogP contribution in [0, 0.1) is 11.3 Å². The van der Waals surface area contributed by atoms with Gasteiger partial charge in [-0.05, 0) is 64.2 Å². The van der Waals surface area contributed by atoms with E-state index in [9.17, 15) is 4.79 Å². The van der Waals surface area contributed by atoms with Gasteiger partial charge in [-0.1, -0.05) is 26.7 Å². The molecule has 0 aromatic heterocycles. The molecule has 0 saturated heterocycles. The lowest BCUT2D eigenvalue weighted by Gasteiger charge is -2.34. The van der Waals surface area contributed by atoms with Gasteiger partial charge in [0.25, 0.3) is 0 Å². The van der Waals surface area contributed by atoms with E-state index in [1.807, 2.05) is 20.8 Å². The quantitative estimate of drug-likeness (QED) is 0.729. The van der Waals surface area contributed by atoms with Gasteiger partial charge in [-0.2, -0.15) is 0 Å². The van der Waals surface area contributed by atoms with E-state index in [0.717, 1.165) is 18.9 Å². The van der Waals surface area contributed by atoms with E-state index >= 15 is 0 Å². The van der Waals surface area contributed by atoms with Gasteiger partial charge in [0.2, 0.25) is 0 Å². The van der Waals surface area contributed by atoms with Gasteiger partial charge in [0, 0.05) is 6.54 Å². The van der Waals surface area contributed by atoms with Crippen LogP contribution in [0.25, 0.3) is 0 Å². The fraction of sp³-hybridized carbons (Fsp3) is 0.941. The highest BCUT2D eigenvalue weighted by Crippen LogP contribution is 2.39. The topological polar surface area (TPSA) is 38.3 Å². The molecule has 1 aliphatic rings. The van der Waals surface area contributed by atoms with Gasteiger partial charge in [-0.15, -0.1) is 0 Å². The van der Waals surface area contributed by atoms with Gasteiger partial charge in [0.15, 0.2) is 0 Å². The molecule has 0 atom stereocenters. The number of carbonyl (C=O) groups excluding carboxylic acids is 1. The first kappa shape index (κ1) is 17.3. The number of carbonyl (C=O) groups is 1. The molecule has 1 saturated carbocycles. The predicted octanol–water partition coefficient (Wildman–Crippen LogP) is 4.90. The largest absolute Gasteiger partial charge is 0.444 e. The standard InChI is InChI=1S/C17H33NO2/c1-16(2,3)20-15(19)18-13-7-6-8-14-9-11-17(4,5)12-10-14/h14H,6-13H2,1-5H3,(H,18,19). The number of nitrogens with one attached hydrogen (secondary N) is 1. The van der Waals surface area contributed by atoms with Crippen molar-refractivity contribution in [1.82, 2.24) is 5.32 Å². The van der Waals surface area contributed by atoms with E-state index in [0.29, 0.717) is 5.41 Å². The first-order chi connectivity index (χ1) is 9.18. The minimum absolute atomic E-state index is 0.295. The third kappa shape index (κ3) is 7.76. The molecule has 20 heavy (non-hydrogen) atoms. The van der Waals surface area contributed by atoms with Crippen LogP contribution < -0.4 is 5.32 Å². The van der Waals surface area contributed by atoms with Crippen LogP contribution in [0.2, 0.25) is 0 Å². The van der Waals surface area contributed by atoms with E-state index in [1.54, 1.807) is 0 Å². The van der Waals surface area contributed by atoms with E-state index < -0.39 is 5.60 Å². The van der Waals surface area contributed by atoms with Crippen molar-refractivity contribution < 1.29 is 9.53 Å². The van der Waals surface area contributed by atoms with Crippen molar-refractivity contribution in [3.8, 4) is 0 Å². The molecule has 0 aromatic carbocycles. The number of ether oxygens (including phenoxy) is 1. The van der Waals surface area contributed by atoms with Crippen LogP contribution in [0.15, 0.2) is 0 Å². The lowest BCUT2D eigenvalue weighted by molar-refractivity contribution is 0.0526. The molecule has 0 heterocycles. The van der Waals surface area contributed by atoms with Crippen LogP contribution in [0.1, 0.15) is 79.6 Å². The molecule has 1 rings (SSSR count). The number of alkyl carbamates (subject to hydrolysis) is 1. The number of unbranched alkanes of at least 4 members (excludes halogenated alkanes) is 1. The summed E-state index contributed by atoms with van der Waals surface area (Å²) in [6.07, 6.45) is 8.78. The fourth-order valence-corrected chi connectivity index (χ4v) is 2.81. The first-order valence-corrected chi connectivity index (χ1v) is 8.15. The molecule has 1 amide bonds. The van der Waals surface area contributed by atoms with Crippen molar-refractivity contribution in [3.63, 3.8) is 0 Å². The van der Waals surface area contributed by atoms with Gasteiger partial charge < -0.3 is 10.1 Å². The second kappa shape index (κ2) is 7.33. The molecule has 1 fully saturated rings. The molecule has 3 nitrogen and oxygen atoms in total. The molecule has 0 aliphatic heterocycles. The third-order valence-corrected chi connectivity index (χ3v) is 4.17. The monoisotopic (exact) mass is 283 g/mol. The number of amides is 1. The minimum atomic E-state index is -0.404. The Hall–Kier alpha value is -0.730. The Labute approximate surface area is 124 Å². The summed E-state index contributed by atoms with van der Waals surface area (Å²) in [6.45, 7) is 11.2. The average Bonchev–Trinajstić information content (AvgIpc) is 2.28. The summed E-state index contributed by atoms with van der Waals surface area (Å²) in [4.78, 5) is 11.5. The van der Waals surface area contributed by atoms with E-state index in [-0.39, 0.29) is 6.09 Å². The highest BCUT2D eigenvalue weighted by molar-refractivity contribution is 5.67. The van der Waals surface area contributed by atoms with Crippen LogP contribution >= 0.6 is 0 Å². The van der Waals surface area contributed by atoms with Gasteiger partial charge in [0.05, 0.1) is 0 Å². The van der Waals surface area contributed by atoms with Crippen molar-refractivity contribution in [1.29, 1.82) is 0 Å². The molecule has 1 aliphatic carbocycles. The first-order valence-electron chi connectivity index (χ1n) is 8.15. The summed E-state index contributed by atoms with van der Waals surface area (Å²) in [5, 5.41) is 2.83. The van der Waals surface area contributed by atoms with Crippen LogP contribution in [0.4, 0.5) is 4.79 Å². The summed E-state index contributed by atoms with van der Waals surface area (Å²) >= 11 is 0. The van der Waals surface area contributed by atoms with Gasteiger partial charge in [-0.3, -0.25) is 0 Å². The second-order valence-corrected chi connectivity index (χ2v) is 8.03. The van der Waals surface area contributed by atoms with Crippen LogP contribution in [0.5, 0.6) is 0 Å². The zero-order valence-corrected chi connectivity index (χ0v) is 14.1. The SMILES string of the molecule is CC1(C)CCC(CCCCNC(=O)OC(C)(C)C)CC1. The minimum Gasteiger partial charge on any atom is -0.444 e. The number of hydrogen-bond acceptors (Lipinski definition) is 2. The summed E-state index contributed by atoms with van der Waals surface area (Å²) in [5.41, 5.74) is 0.160. The Morgan fingerprint density at radius 3 is 2.35 bits per heavy atom. The zero-order valence-electron chi connectivity index (χ0n) is 14.1. The third-order valence-electron chi connectivity index (χ3n) is 4.17. The molecule has 3 heteroatoms. The maximum Gasteiger partial charge on any atom is 0.407 e. The molecule has 0 unspecified atom stereocenters. The Bertz CT molecular complexity index is 295. The highest BCUT2D eigenvalue weighted by Gasteiger charge is 2.26. The molecule has 0 aromatic rings. The smallest absolute Gasteiger partial charge is 0.407 e. The Morgan fingerprint density at radius 1 is 1.20 bits per heavy atom. The molecule has 1 N–H and O–H groups in total. The van der Waals surface area contributed by atoms with Gasteiger partial charge in [-0.25, -0.2) is 4.79 Å². The van der Waals surface area contributed by atoms with E-state index in [4.69, 9.17) is 4.74 Å². The number of hydrogen-bond donors (Lipinski definition) is 1. The maximum atomic E-state index is 11.5. The summed E-state index contributed by atoms with van der Waals surface area (Å²) in [6, 6.07) is 0. The summed E-state index contributed by atoms with van der Waals surface area (Å²) in [7, 11) is 0. The van der Waals surface area contributed by atoms with Crippen LogP contribution in [0.3, 0.4) is 0 Å². The van der Waals surface area contributed by atoms with Crippen LogP contribution in [-0.4, -0.2) is 18.2 Å². The molecule has 0 bridgehead atoms.